The number of anilines is 1. The van der Waals surface area contributed by atoms with Crippen molar-refractivity contribution in [1.29, 1.82) is 0 Å². The quantitative estimate of drug-likeness (QED) is 0.828. The molecule has 0 bridgehead atoms. The zero-order valence-electron chi connectivity index (χ0n) is 15.1. The minimum atomic E-state index is -3.73. The molecule has 8 heteroatoms. The SMILES string of the molecule is Cc1ccccc1NC(=O)CN1CCCN(Cc2ccccc2Cl)S1(=O)=O. The van der Waals surface area contributed by atoms with E-state index in [0.29, 0.717) is 30.2 Å². The highest BCUT2D eigenvalue weighted by atomic mass is 35.5. The molecule has 1 heterocycles. The van der Waals surface area contributed by atoms with Crippen molar-refractivity contribution < 1.29 is 13.2 Å². The number of hydrogen-bond acceptors (Lipinski definition) is 3. The van der Waals surface area contributed by atoms with Gasteiger partial charge in [0.15, 0.2) is 0 Å². The molecular formula is C19H22ClN3O3S. The van der Waals surface area contributed by atoms with Crippen LogP contribution >= 0.6 is 11.6 Å². The Bertz CT molecular complexity index is 933. The predicted molar refractivity (Wildman–Crippen MR) is 107 cm³/mol. The monoisotopic (exact) mass is 407 g/mol. The molecule has 1 N–H and O–H groups in total. The highest BCUT2D eigenvalue weighted by molar-refractivity contribution is 7.86. The van der Waals surface area contributed by atoms with Gasteiger partial charge in [-0.05, 0) is 36.6 Å². The number of amides is 1. The minimum absolute atomic E-state index is 0.192. The van der Waals surface area contributed by atoms with Crippen LogP contribution in [0.5, 0.6) is 0 Å². The van der Waals surface area contributed by atoms with Crippen molar-refractivity contribution in [1.82, 2.24) is 8.61 Å². The summed E-state index contributed by atoms with van der Waals surface area (Å²) in [5, 5.41) is 3.31. The Morgan fingerprint density at radius 3 is 2.48 bits per heavy atom. The Labute approximate surface area is 164 Å². The topological polar surface area (TPSA) is 69.7 Å². The summed E-state index contributed by atoms with van der Waals surface area (Å²) >= 11 is 6.16. The highest BCUT2D eigenvalue weighted by Gasteiger charge is 2.35. The fraction of sp³-hybridized carbons (Fsp3) is 0.316. The lowest BCUT2D eigenvalue weighted by Crippen LogP contribution is -2.51. The van der Waals surface area contributed by atoms with Gasteiger partial charge >= 0.3 is 0 Å². The first-order chi connectivity index (χ1) is 12.9. The molecule has 0 unspecified atom stereocenters. The van der Waals surface area contributed by atoms with Crippen molar-refractivity contribution in [2.45, 2.75) is 19.9 Å². The van der Waals surface area contributed by atoms with E-state index in [9.17, 15) is 13.2 Å². The molecule has 1 saturated heterocycles. The molecule has 2 aromatic rings. The first-order valence-corrected chi connectivity index (χ1v) is 10.5. The van der Waals surface area contributed by atoms with Crippen molar-refractivity contribution in [2.24, 2.45) is 0 Å². The molecule has 1 fully saturated rings. The van der Waals surface area contributed by atoms with E-state index >= 15 is 0 Å². The van der Waals surface area contributed by atoms with Gasteiger partial charge in [-0.3, -0.25) is 4.79 Å². The van der Waals surface area contributed by atoms with Crippen LogP contribution in [0.15, 0.2) is 48.5 Å². The molecule has 0 atom stereocenters. The van der Waals surface area contributed by atoms with Gasteiger partial charge in [-0.25, -0.2) is 0 Å². The van der Waals surface area contributed by atoms with Gasteiger partial charge in [0.1, 0.15) is 0 Å². The van der Waals surface area contributed by atoms with Gasteiger partial charge in [-0.1, -0.05) is 48.0 Å². The van der Waals surface area contributed by atoms with Gasteiger partial charge in [0.2, 0.25) is 5.91 Å². The standard InChI is InChI=1S/C19H22ClN3O3S/c1-15-7-2-5-10-18(15)21-19(24)14-23-12-6-11-22(27(23,25)26)13-16-8-3-4-9-17(16)20/h2-5,7-10H,6,11-14H2,1H3,(H,21,24). The Balaban J connectivity index is 1.70. The number of benzene rings is 2. The normalized spacial score (nSPS) is 17.6. The lowest BCUT2D eigenvalue weighted by atomic mass is 10.2. The number of carbonyl (C=O) groups is 1. The van der Waals surface area contributed by atoms with Crippen molar-refractivity contribution in [2.75, 3.05) is 25.0 Å². The number of para-hydroxylation sites is 1. The lowest BCUT2D eigenvalue weighted by Gasteiger charge is -2.34. The third-order valence-electron chi connectivity index (χ3n) is 4.51. The summed E-state index contributed by atoms with van der Waals surface area (Å²) in [6.07, 6.45) is 0.654. The fourth-order valence-corrected chi connectivity index (χ4v) is 4.84. The average Bonchev–Trinajstić information content (AvgIpc) is 2.62. The molecule has 27 heavy (non-hydrogen) atoms. The van der Waals surface area contributed by atoms with Gasteiger partial charge in [0.25, 0.3) is 10.2 Å². The third-order valence-corrected chi connectivity index (χ3v) is 6.81. The number of nitrogens with zero attached hydrogens (tertiary/aromatic N) is 2. The maximum absolute atomic E-state index is 12.9. The largest absolute Gasteiger partial charge is 0.325 e. The second-order valence-electron chi connectivity index (χ2n) is 6.48. The van der Waals surface area contributed by atoms with Crippen LogP contribution in [0.2, 0.25) is 5.02 Å². The summed E-state index contributed by atoms with van der Waals surface area (Å²) in [7, 11) is -3.73. The van der Waals surface area contributed by atoms with Crippen molar-refractivity contribution in [3.8, 4) is 0 Å². The van der Waals surface area contributed by atoms with Crippen molar-refractivity contribution in [3.05, 3.63) is 64.7 Å². The Morgan fingerprint density at radius 2 is 1.74 bits per heavy atom. The van der Waals surface area contributed by atoms with E-state index < -0.39 is 10.2 Å². The third kappa shape index (κ3) is 4.68. The maximum Gasteiger partial charge on any atom is 0.282 e. The Morgan fingerprint density at radius 1 is 1.07 bits per heavy atom. The summed E-state index contributed by atoms with van der Waals surface area (Å²) < 4.78 is 28.4. The number of carbonyl (C=O) groups excluding carboxylic acids is 1. The first kappa shape index (κ1) is 19.8. The summed E-state index contributed by atoms with van der Waals surface area (Å²) in [6.45, 7) is 2.60. The Hall–Kier alpha value is -1.93. The summed E-state index contributed by atoms with van der Waals surface area (Å²) in [4.78, 5) is 12.4. The van der Waals surface area contributed by atoms with E-state index in [4.69, 9.17) is 11.6 Å². The Kier molecular flexibility index (Phi) is 6.16. The van der Waals surface area contributed by atoms with Gasteiger partial charge in [0.05, 0.1) is 6.54 Å². The van der Waals surface area contributed by atoms with Crippen molar-refractivity contribution >= 4 is 33.4 Å². The molecule has 3 rings (SSSR count). The number of nitrogens with one attached hydrogen (secondary N) is 1. The van der Waals surface area contributed by atoms with E-state index in [1.165, 1.54) is 8.61 Å². The summed E-state index contributed by atoms with van der Waals surface area (Å²) in [5.74, 6) is -0.354. The van der Waals surface area contributed by atoms with Gasteiger partial charge in [-0.15, -0.1) is 0 Å². The van der Waals surface area contributed by atoms with E-state index in [0.717, 1.165) is 11.1 Å². The maximum atomic E-state index is 12.9. The first-order valence-electron chi connectivity index (χ1n) is 8.72. The van der Waals surface area contributed by atoms with Crippen LogP contribution in [0.3, 0.4) is 0 Å². The number of rotatable bonds is 5. The molecule has 0 radical (unpaired) electrons. The second kappa shape index (κ2) is 8.39. The smallest absolute Gasteiger partial charge is 0.282 e. The molecule has 144 valence electrons. The second-order valence-corrected chi connectivity index (χ2v) is 8.82. The van der Waals surface area contributed by atoms with Crippen LogP contribution in [0, 0.1) is 6.92 Å². The molecule has 1 amide bonds. The van der Waals surface area contributed by atoms with E-state index in [2.05, 4.69) is 5.32 Å². The molecule has 1 aliphatic rings. The predicted octanol–water partition coefficient (Wildman–Crippen LogP) is 3.04. The van der Waals surface area contributed by atoms with Crippen molar-refractivity contribution in [3.63, 3.8) is 0 Å². The number of halogens is 1. The van der Waals surface area contributed by atoms with Gasteiger partial charge in [-0.2, -0.15) is 17.0 Å². The molecule has 0 saturated carbocycles. The van der Waals surface area contributed by atoms with E-state index in [1.54, 1.807) is 18.2 Å². The lowest BCUT2D eigenvalue weighted by molar-refractivity contribution is -0.116. The molecule has 0 aromatic heterocycles. The van der Waals surface area contributed by atoms with Crippen LogP contribution in [0.1, 0.15) is 17.5 Å². The van der Waals surface area contributed by atoms with Gasteiger partial charge < -0.3 is 5.32 Å². The molecular weight excluding hydrogens is 386 g/mol. The van der Waals surface area contributed by atoms with E-state index in [-0.39, 0.29) is 19.0 Å². The minimum Gasteiger partial charge on any atom is -0.325 e. The molecule has 2 aromatic carbocycles. The summed E-state index contributed by atoms with van der Waals surface area (Å²) in [5.41, 5.74) is 2.35. The van der Waals surface area contributed by atoms with Crippen LogP contribution in [-0.2, 0) is 21.5 Å². The molecule has 6 nitrogen and oxygen atoms in total. The van der Waals surface area contributed by atoms with Gasteiger partial charge in [0, 0.05) is 30.3 Å². The number of aryl methyl sites for hydroxylation is 1. The summed E-state index contributed by atoms with van der Waals surface area (Å²) in [6, 6.07) is 14.6. The molecule has 0 spiro atoms. The van der Waals surface area contributed by atoms with E-state index in [1.807, 2.05) is 37.3 Å². The van der Waals surface area contributed by atoms with Crippen LogP contribution in [-0.4, -0.2) is 42.6 Å². The zero-order chi connectivity index (χ0) is 19.4. The average molecular weight is 408 g/mol. The van der Waals surface area contributed by atoms with Crippen LogP contribution in [0.4, 0.5) is 5.69 Å². The highest BCUT2D eigenvalue weighted by Crippen LogP contribution is 2.23. The van der Waals surface area contributed by atoms with Crippen LogP contribution in [0.25, 0.3) is 0 Å². The van der Waals surface area contributed by atoms with Crippen LogP contribution < -0.4 is 5.32 Å². The molecule has 1 aliphatic heterocycles. The number of hydrogen-bond donors (Lipinski definition) is 1. The fourth-order valence-electron chi connectivity index (χ4n) is 3.02. The zero-order valence-corrected chi connectivity index (χ0v) is 16.6. The molecule has 0 aliphatic carbocycles.